The number of aliphatic carboxylic acids is 3. The first-order chi connectivity index (χ1) is 14.7. The third-order valence-corrected chi connectivity index (χ3v) is 5.08. The molecule has 31 heavy (non-hydrogen) atoms. The molecule has 0 spiro atoms. The Bertz CT molecular complexity index is 794. The van der Waals surface area contributed by atoms with Crippen LogP contribution in [0.15, 0.2) is 47.8 Å². The van der Waals surface area contributed by atoms with Crippen LogP contribution in [0.4, 0.5) is 0 Å². The van der Waals surface area contributed by atoms with Crippen molar-refractivity contribution in [2.45, 2.75) is 31.4 Å². The molecule has 10 heteroatoms. The fraction of sp³-hybridized carbons (Fsp3) is 0.381. The van der Waals surface area contributed by atoms with Crippen molar-refractivity contribution in [3.8, 4) is 0 Å². The zero-order chi connectivity index (χ0) is 23.3. The summed E-state index contributed by atoms with van der Waals surface area (Å²) in [6, 6.07) is 14.7. The van der Waals surface area contributed by atoms with Crippen molar-refractivity contribution in [1.29, 1.82) is 0 Å². The number of carboxylic acids is 3. The summed E-state index contributed by atoms with van der Waals surface area (Å²) < 4.78 is 0. The minimum atomic E-state index is -2.74. The molecule has 0 saturated heterocycles. The van der Waals surface area contributed by atoms with Gasteiger partial charge in [0.1, 0.15) is 0 Å². The van der Waals surface area contributed by atoms with Crippen molar-refractivity contribution < 1.29 is 39.9 Å². The molecule has 0 aliphatic rings. The quantitative estimate of drug-likeness (QED) is 0.322. The minimum Gasteiger partial charge on any atom is -0.481 e. The molecule has 1 aromatic heterocycles. The van der Waals surface area contributed by atoms with Crippen molar-refractivity contribution in [2.24, 2.45) is 0 Å². The lowest BCUT2D eigenvalue weighted by atomic mass is 9.96. The van der Waals surface area contributed by atoms with Gasteiger partial charge in [0.25, 0.3) is 0 Å². The van der Waals surface area contributed by atoms with Gasteiger partial charge in [-0.3, -0.25) is 14.5 Å². The van der Waals surface area contributed by atoms with Crippen molar-refractivity contribution in [3.05, 3.63) is 58.3 Å². The van der Waals surface area contributed by atoms with E-state index in [1.54, 1.807) is 11.3 Å². The van der Waals surface area contributed by atoms with Crippen LogP contribution in [0.5, 0.6) is 0 Å². The molecule has 0 unspecified atom stereocenters. The summed E-state index contributed by atoms with van der Waals surface area (Å²) in [6.45, 7) is 2.89. The smallest absolute Gasteiger partial charge is 0.336 e. The number of aliphatic hydroxyl groups is 2. The van der Waals surface area contributed by atoms with Crippen molar-refractivity contribution in [3.63, 3.8) is 0 Å². The van der Waals surface area contributed by atoms with Crippen LogP contribution < -0.4 is 0 Å². The third-order valence-electron chi connectivity index (χ3n) is 4.22. The van der Waals surface area contributed by atoms with Crippen LogP contribution in [0, 0.1) is 0 Å². The Morgan fingerprint density at radius 1 is 0.903 bits per heavy atom. The molecule has 0 aliphatic carbocycles. The largest absolute Gasteiger partial charge is 0.481 e. The van der Waals surface area contributed by atoms with Crippen LogP contribution in [0.1, 0.15) is 23.3 Å². The maximum atomic E-state index is 10.3. The first kappa shape index (κ1) is 26.2. The zero-order valence-electron chi connectivity index (χ0n) is 16.9. The SMILES string of the molecule is O=C(O)CC(O)(CC(=O)O)C(=O)O.OCCN(CCc1ccccc1)Cc1cccs1. The highest BCUT2D eigenvalue weighted by Crippen LogP contribution is 2.16. The number of thiophene rings is 1. The average molecular weight is 454 g/mol. The number of hydrogen-bond donors (Lipinski definition) is 5. The van der Waals surface area contributed by atoms with Crippen LogP contribution in [-0.4, -0.2) is 73.6 Å². The second-order valence-electron chi connectivity index (χ2n) is 6.79. The van der Waals surface area contributed by atoms with Crippen molar-refractivity contribution in [1.82, 2.24) is 4.90 Å². The third kappa shape index (κ3) is 10.7. The van der Waals surface area contributed by atoms with E-state index in [-0.39, 0.29) is 6.61 Å². The first-order valence-electron chi connectivity index (χ1n) is 9.45. The van der Waals surface area contributed by atoms with E-state index >= 15 is 0 Å². The Morgan fingerprint density at radius 2 is 1.52 bits per heavy atom. The highest BCUT2D eigenvalue weighted by atomic mass is 32.1. The van der Waals surface area contributed by atoms with E-state index in [2.05, 4.69) is 46.7 Å². The minimum absolute atomic E-state index is 0.222. The fourth-order valence-corrected chi connectivity index (χ4v) is 3.43. The normalized spacial score (nSPS) is 10.9. The lowest BCUT2D eigenvalue weighted by molar-refractivity contribution is -0.170. The Kier molecular flexibility index (Phi) is 11.4. The summed E-state index contributed by atoms with van der Waals surface area (Å²) in [7, 11) is 0. The van der Waals surface area contributed by atoms with Gasteiger partial charge >= 0.3 is 17.9 Å². The van der Waals surface area contributed by atoms with E-state index in [0.29, 0.717) is 0 Å². The molecule has 5 N–H and O–H groups in total. The summed E-state index contributed by atoms with van der Waals surface area (Å²) >= 11 is 1.78. The predicted octanol–water partition coefficient (Wildman–Crippen LogP) is 1.54. The number of carbonyl (C=O) groups is 3. The maximum absolute atomic E-state index is 10.3. The molecule has 2 aromatic rings. The first-order valence-corrected chi connectivity index (χ1v) is 10.3. The topological polar surface area (TPSA) is 156 Å². The standard InChI is InChI=1S/C15H19NOS.C6H8O7/c17-11-10-16(13-15-7-4-12-18-15)9-8-14-5-2-1-3-6-14;7-3(8)1-6(13,5(11)12)2-4(9)10/h1-7,12,17H,8-11,13H2;13H,1-2H2,(H,7,8)(H,9,10)(H,11,12). The number of aliphatic hydroxyl groups excluding tert-OH is 1. The molecule has 0 amide bonds. The average Bonchev–Trinajstić information content (AvgIpc) is 3.19. The Hall–Kier alpha value is -2.79. The lowest BCUT2D eigenvalue weighted by Crippen LogP contribution is -2.42. The van der Waals surface area contributed by atoms with Crippen LogP contribution in [-0.2, 0) is 27.3 Å². The van der Waals surface area contributed by atoms with Gasteiger partial charge in [-0.25, -0.2) is 4.79 Å². The number of nitrogens with zero attached hydrogens (tertiary/aromatic N) is 1. The molecule has 0 bridgehead atoms. The highest BCUT2D eigenvalue weighted by molar-refractivity contribution is 7.09. The lowest BCUT2D eigenvalue weighted by Gasteiger charge is -2.20. The molecular weight excluding hydrogens is 426 g/mol. The van der Waals surface area contributed by atoms with Crippen LogP contribution in [0.3, 0.4) is 0 Å². The maximum Gasteiger partial charge on any atom is 0.336 e. The summed E-state index contributed by atoms with van der Waals surface area (Å²) in [4.78, 5) is 34.1. The monoisotopic (exact) mass is 453 g/mol. The van der Waals surface area contributed by atoms with Gasteiger partial charge in [-0.15, -0.1) is 11.3 Å². The van der Waals surface area contributed by atoms with Crippen molar-refractivity contribution in [2.75, 3.05) is 19.7 Å². The summed E-state index contributed by atoms with van der Waals surface area (Å²) in [5.41, 5.74) is -1.39. The van der Waals surface area contributed by atoms with Gasteiger partial charge in [0.05, 0.1) is 19.4 Å². The molecule has 0 fully saturated rings. The molecule has 1 aromatic carbocycles. The van der Waals surface area contributed by atoms with Gasteiger partial charge in [0.2, 0.25) is 0 Å². The van der Waals surface area contributed by atoms with E-state index in [4.69, 9.17) is 25.5 Å². The molecule has 0 radical (unpaired) electrons. The number of rotatable bonds is 12. The number of carboxylic acid groups (broad SMARTS) is 3. The second-order valence-corrected chi connectivity index (χ2v) is 7.82. The van der Waals surface area contributed by atoms with E-state index in [9.17, 15) is 14.4 Å². The Balaban J connectivity index is 0.000000330. The van der Waals surface area contributed by atoms with Crippen molar-refractivity contribution >= 4 is 29.2 Å². The van der Waals surface area contributed by atoms with Crippen LogP contribution in [0.25, 0.3) is 0 Å². The van der Waals surface area contributed by atoms with E-state index < -0.39 is 36.4 Å². The summed E-state index contributed by atoms with van der Waals surface area (Å²) in [5, 5.41) is 45.0. The summed E-state index contributed by atoms with van der Waals surface area (Å²) in [6.07, 6.45) is -1.25. The zero-order valence-corrected chi connectivity index (χ0v) is 17.7. The van der Waals surface area contributed by atoms with Crippen LogP contribution in [0.2, 0.25) is 0 Å². The highest BCUT2D eigenvalue weighted by Gasteiger charge is 2.40. The predicted molar refractivity (Wildman–Crippen MR) is 114 cm³/mol. The number of hydrogen-bond acceptors (Lipinski definition) is 7. The van der Waals surface area contributed by atoms with Gasteiger partial charge < -0.3 is 25.5 Å². The van der Waals surface area contributed by atoms with E-state index in [0.717, 1.165) is 26.1 Å². The summed E-state index contributed by atoms with van der Waals surface area (Å²) in [5.74, 6) is -5.02. The molecule has 0 saturated carbocycles. The Labute approximate surface area is 183 Å². The van der Waals surface area contributed by atoms with Gasteiger partial charge in [-0.1, -0.05) is 36.4 Å². The molecule has 9 nitrogen and oxygen atoms in total. The molecular formula is C21H27NO8S. The van der Waals surface area contributed by atoms with Gasteiger partial charge in [0.15, 0.2) is 5.60 Å². The molecule has 2 rings (SSSR count). The van der Waals surface area contributed by atoms with Gasteiger partial charge in [-0.2, -0.15) is 0 Å². The second kappa shape index (κ2) is 13.5. The molecule has 0 atom stereocenters. The van der Waals surface area contributed by atoms with Gasteiger partial charge in [0, 0.05) is 24.5 Å². The van der Waals surface area contributed by atoms with Crippen LogP contribution >= 0.6 is 11.3 Å². The fourth-order valence-electron chi connectivity index (χ4n) is 2.68. The molecule has 1 heterocycles. The van der Waals surface area contributed by atoms with E-state index in [1.807, 2.05) is 6.07 Å². The molecule has 170 valence electrons. The Morgan fingerprint density at radius 3 is 1.97 bits per heavy atom. The van der Waals surface area contributed by atoms with E-state index in [1.165, 1.54) is 10.4 Å². The number of benzene rings is 1. The molecule has 0 aliphatic heterocycles. The van der Waals surface area contributed by atoms with Gasteiger partial charge in [-0.05, 0) is 23.4 Å².